The Morgan fingerprint density at radius 2 is 1.87 bits per heavy atom. The highest BCUT2D eigenvalue weighted by Gasteiger charge is 2.20. The molecule has 1 aromatic heterocycles. The van der Waals surface area contributed by atoms with Crippen molar-refractivity contribution < 1.29 is 19.1 Å². The average Bonchev–Trinajstić information content (AvgIpc) is 2.72. The van der Waals surface area contributed by atoms with E-state index < -0.39 is 18.5 Å². The van der Waals surface area contributed by atoms with Crippen molar-refractivity contribution in [3.05, 3.63) is 63.5 Å². The molecule has 8 nitrogen and oxygen atoms in total. The first kappa shape index (κ1) is 21.3. The third kappa shape index (κ3) is 4.44. The number of carbonyl (C=O) groups excluding carboxylic acids is 2. The monoisotopic (exact) mass is 429 g/mol. The molecule has 0 bridgehead atoms. The van der Waals surface area contributed by atoms with Gasteiger partial charge in [-0.1, -0.05) is 29.8 Å². The van der Waals surface area contributed by atoms with E-state index in [1.165, 1.54) is 17.9 Å². The quantitative estimate of drug-likeness (QED) is 0.602. The van der Waals surface area contributed by atoms with E-state index in [4.69, 9.17) is 21.1 Å². The van der Waals surface area contributed by atoms with Crippen molar-refractivity contribution in [3.63, 3.8) is 0 Å². The lowest BCUT2D eigenvalue weighted by Gasteiger charge is -2.13. The number of nitrogens with one attached hydrogen (secondary N) is 1. The largest absolute Gasteiger partial charge is 0.495 e. The van der Waals surface area contributed by atoms with Gasteiger partial charge in [0, 0.05) is 10.4 Å². The van der Waals surface area contributed by atoms with E-state index in [9.17, 15) is 14.4 Å². The fraction of sp³-hybridized carbons (Fsp3) is 0.238. The van der Waals surface area contributed by atoms with Crippen molar-refractivity contribution >= 4 is 39.9 Å². The van der Waals surface area contributed by atoms with Gasteiger partial charge in [0.2, 0.25) is 0 Å². The van der Waals surface area contributed by atoms with Crippen LogP contribution in [0.2, 0.25) is 5.02 Å². The van der Waals surface area contributed by atoms with Crippen LogP contribution in [-0.4, -0.2) is 35.4 Å². The van der Waals surface area contributed by atoms with E-state index in [1.54, 1.807) is 50.2 Å². The predicted molar refractivity (Wildman–Crippen MR) is 113 cm³/mol. The molecule has 156 valence electrons. The maximum Gasteiger partial charge on any atom is 0.359 e. The summed E-state index contributed by atoms with van der Waals surface area (Å²) in [4.78, 5) is 37.5. The van der Waals surface area contributed by atoms with Gasteiger partial charge in [-0.3, -0.25) is 9.59 Å². The molecule has 9 heteroatoms. The molecule has 0 aliphatic carbocycles. The van der Waals surface area contributed by atoms with Gasteiger partial charge in [-0.15, -0.1) is 0 Å². The zero-order valence-corrected chi connectivity index (χ0v) is 17.4. The number of esters is 1. The summed E-state index contributed by atoms with van der Waals surface area (Å²) < 4.78 is 11.5. The Morgan fingerprint density at radius 1 is 1.17 bits per heavy atom. The summed E-state index contributed by atoms with van der Waals surface area (Å²) in [5.41, 5.74) is 0.0120. The van der Waals surface area contributed by atoms with E-state index in [0.717, 1.165) is 0 Å². The highest BCUT2D eigenvalue weighted by Crippen LogP contribution is 2.27. The highest BCUT2D eigenvalue weighted by atomic mass is 35.5. The zero-order valence-electron chi connectivity index (χ0n) is 16.6. The van der Waals surface area contributed by atoms with E-state index in [0.29, 0.717) is 27.2 Å². The number of hydrogen-bond donors (Lipinski definition) is 1. The molecule has 0 aliphatic rings. The van der Waals surface area contributed by atoms with E-state index in [1.807, 2.05) is 0 Å². The molecule has 3 rings (SSSR count). The molecule has 1 heterocycles. The Morgan fingerprint density at radius 3 is 2.53 bits per heavy atom. The number of hydrogen-bond acceptors (Lipinski definition) is 6. The van der Waals surface area contributed by atoms with Crippen molar-refractivity contribution in [2.24, 2.45) is 0 Å². The molecule has 0 fully saturated rings. The molecule has 0 radical (unpaired) electrons. The summed E-state index contributed by atoms with van der Waals surface area (Å²) >= 11 is 5.95. The maximum atomic E-state index is 12.7. The first-order valence-electron chi connectivity index (χ1n) is 9.14. The van der Waals surface area contributed by atoms with Gasteiger partial charge in [-0.25, -0.2) is 9.48 Å². The molecule has 2 aromatic carbocycles. The van der Waals surface area contributed by atoms with Crippen LogP contribution in [0.15, 0.2) is 47.3 Å². The number of anilines is 1. The maximum absolute atomic E-state index is 12.7. The molecule has 0 saturated heterocycles. The van der Waals surface area contributed by atoms with Crippen LogP contribution in [0.3, 0.4) is 0 Å². The van der Waals surface area contributed by atoms with Crippen LogP contribution in [-0.2, 0) is 9.53 Å². The van der Waals surface area contributed by atoms with Crippen LogP contribution in [0, 0.1) is 0 Å². The van der Waals surface area contributed by atoms with Gasteiger partial charge >= 0.3 is 5.97 Å². The van der Waals surface area contributed by atoms with Crippen LogP contribution in [0.25, 0.3) is 10.8 Å². The standard InChI is InChI=1S/C21H20ClN3O5/c1-12(2)25-20(27)15-7-5-4-6-14(15)19(24-25)21(28)30-11-18(26)23-16-10-13(22)8-9-17(16)29-3/h4-10,12H,11H2,1-3H3,(H,23,26). The van der Waals surface area contributed by atoms with Gasteiger partial charge < -0.3 is 14.8 Å². The smallest absolute Gasteiger partial charge is 0.359 e. The third-order valence-corrected chi connectivity index (χ3v) is 4.52. The van der Waals surface area contributed by atoms with Gasteiger partial charge in [0.25, 0.3) is 11.5 Å². The van der Waals surface area contributed by atoms with Crippen LogP contribution >= 0.6 is 11.6 Å². The lowest BCUT2D eigenvalue weighted by Crippen LogP contribution is -2.28. The second-order valence-electron chi connectivity index (χ2n) is 6.71. The zero-order chi connectivity index (χ0) is 21.8. The second-order valence-corrected chi connectivity index (χ2v) is 7.14. The SMILES string of the molecule is COc1ccc(Cl)cc1NC(=O)COC(=O)c1nn(C(C)C)c(=O)c2ccccc12. The summed E-state index contributed by atoms with van der Waals surface area (Å²) in [6.45, 7) is 3.01. The summed E-state index contributed by atoms with van der Waals surface area (Å²) in [5.74, 6) is -0.977. The molecule has 30 heavy (non-hydrogen) atoms. The van der Waals surface area contributed by atoms with Gasteiger partial charge in [0.15, 0.2) is 12.3 Å². The molecule has 3 aromatic rings. The lowest BCUT2D eigenvalue weighted by atomic mass is 10.1. The fourth-order valence-electron chi connectivity index (χ4n) is 2.87. The Bertz CT molecular complexity index is 1170. The number of halogens is 1. The first-order valence-corrected chi connectivity index (χ1v) is 9.51. The molecule has 0 aliphatic heterocycles. The van der Waals surface area contributed by atoms with Gasteiger partial charge in [0.05, 0.1) is 24.2 Å². The average molecular weight is 430 g/mol. The minimum Gasteiger partial charge on any atom is -0.495 e. The van der Waals surface area contributed by atoms with E-state index >= 15 is 0 Å². The Labute approximate surface area is 177 Å². The predicted octanol–water partition coefficient (Wildman–Crippen LogP) is 3.43. The Hall–Kier alpha value is -3.39. The molecule has 0 spiro atoms. The molecule has 1 N–H and O–H groups in total. The number of amides is 1. The lowest BCUT2D eigenvalue weighted by molar-refractivity contribution is -0.119. The number of fused-ring (bicyclic) bond motifs is 1. The molecular weight excluding hydrogens is 410 g/mol. The highest BCUT2D eigenvalue weighted by molar-refractivity contribution is 6.31. The number of aromatic nitrogens is 2. The molecule has 1 amide bonds. The molecular formula is C21H20ClN3O5. The van der Waals surface area contributed by atoms with Crippen LogP contribution < -0.4 is 15.6 Å². The number of methoxy groups -OCH3 is 1. The summed E-state index contributed by atoms with van der Waals surface area (Å²) in [6, 6.07) is 11.1. The molecule has 0 saturated carbocycles. The third-order valence-electron chi connectivity index (χ3n) is 4.28. The van der Waals surface area contributed by atoms with Crippen molar-refractivity contribution in [1.82, 2.24) is 9.78 Å². The van der Waals surface area contributed by atoms with Gasteiger partial charge in [-0.05, 0) is 38.1 Å². The summed E-state index contributed by atoms with van der Waals surface area (Å²) in [5, 5.41) is 7.87. The first-order chi connectivity index (χ1) is 14.3. The second kappa shape index (κ2) is 8.96. The molecule has 0 unspecified atom stereocenters. The Balaban J connectivity index is 1.81. The number of ether oxygens (including phenoxy) is 2. The summed E-state index contributed by atoms with van der Waals surface area (Å²) in [7, 11) is 1.46. The van der Waals surface area contributed by atoms with Gasteiger partial charge in [0.1, 0.15) is 5.75 Å². The minimum absolute atomic E-state index is 0.0352. The number of rotatable bonds is 6. The van der Waals surface area contributed by atoms with Gasteiger partial charge in [-0.2, -0.15) is 5.10 Å². The van der Waals surface area contributed by atoms with E-state index in [-0.39, 0.29) is 17.3 Å². The van der Waals surface area contributed by atoms with Crippen LogP contribution in [0.4, 0.5) is 5.69 Å². The molecule has 0 atom stereocenters. The van der Waals surface area contributed by atoms with Crippen molar-refractivity contribution in [2.45, 2.75) is 19.9 Å². The fourth-order valence-corrected chi connectivity index (χ4v) is 3.04. The topological polar surface area (TPSA) is 99.5 Å². The van der Waals surface area contributed by atoms with E-state index in [2.05, 4.69) is 10.4 Å². The number of nitrogens with zero attached hydrogens (tertiary/aromatic N) is 2. The summed E-state index contributed by atoms with van der Waals surface area (Å²) in [6.07, 6.45) is 0. The van der Waals surface area contributed by atoms with Crippen molar-refractivity contribution in [2.75, 3.05) is 19.0 Å². The normalized spacial score (nSPS) is 10.8. The Kier molecular flexibility index (Phi) is 6.37. The number of carbonyl (C=O) groups is 2. The van der Waals surface area contributed by atoms with Crippen LogP contribution in [0.1, 0.15) is 30.4 Å². The van der Waals surface area contributed by atoms with Crippen molar-refractivity contribution in [1.29, 1.82) is 0 Å². The number of benzene rings is 2. The minimum atomic E-state index is -0.811. The van der Waals surface area contributed by atoms with Crippen molar-refractivity contribution in [3.8, 4) is 5.75 Å². The van der Waals surface area contributed by atoms with Crippen LogP contribution in [0.5, 0.6) is 5.75 Å².